The van der Waals surface area contributed by atoms with Crippen LogP contribution in [-0.2, 0) is 19.4 Å². The minimum absolute atomic E-state index is 0.197. The highest BCUT2D eigenvalue weighted by Gasteiger charge is 2.28. The van der Waals surface area contributed by atoms with Gasteiger partial charge in [-0.3, -0.25) is 14.6 Å². The van der Waals surface area contributed by atoms with Gasteiger partial charge in [-0.1, -0.05) is 12.1 Å². The third kappa shape index (κ3) is 2.17. The van der Waals surface area contributed by atoms with Crippen molar-refractivity contribution in [3.05, 3.63) is 53.0 Å². The van der Waals surface area contributed by atoms with Crippen molar-refractivity contribution in [2.45, 2.75) is 19.4 Å². The number of nitrogens with two attached hydrogens (primary N) is 1. The smallest absolute Gasteiger partial charge is 0.269 e. The quantitative estimate of drug-likeness (QED) is 0.675. The standard InChI is InChI=1S/C16H15N5O2/c17-16(23)14-11-4-5-13-12(7-18-19-13)15(11)21(20-14)8-9-2-1-3-10(22)6-9/h1-3,6-7,22H,4-5,8H2,(H2,17,23)(H,18,19). The van der Waals surface area contributed by atoms with Crippen LogP contribution in [0.15, 0.2) is 30.5 Å². The van der Waals surface area contributed by atoms with Crippen molar-refractivity contribution in [3.8, 4) is 17.0 Å². The van der Waals surface area contributed by atoms with E-state index in [9.17, 15) is 9.90 Å². The summed E-state index contributed by atoms with van der Waals surface area (Å²) in [5, 5.41) is 21.1. The van der Waals surface area contributed by atoms with Crippen molar-refractivity contribution >= 4 is 5.91 Å². The van der Waals surface area contributed by atoms with Crippen LogP contribution in [0.2, 0.25) is 0 Å². The summed E-state index contributed by atoms with van der Waals surface area (Å²) in [5.74, 6) is -0.328. The first kappa shape index (κ1) is 13.6. The molecule has 2 aromatic heterocycles. The Morgan fingerprint density at radius 3 is 3.04 bits per heavy atom. The molecular weight excluding hydrogens is 294 g/mol. The molecule has 1 amide bonds. The van der Waals surface area contributed by atoms with E-state index in [2.05, 4.69) is 15.3 Å². The lowest BCUT2D eigenvalue weighted by Crippen LogP contribution is -2.15. The third-order valence-corrected chi connectivity index (χ3v) is 4.13. The van der Waals surface area contributed by atoms with Crippen LogP contribution in [0, 0.1) is 0 Å². The Balaban J connectivity index is 1.86. The minimum atomic E-state index is -0.525. The van der Waals surface area contributed by atoms with Gasteiger partial charge in [0.2, 0.25) is 0 Å². The summed E-state index contributed by atoms with van der Waals surface area (Å²) in [6.45, 7) is 0.439. The number of carbonyl (C=O) groups is 1. The van der Waals surface area contributed by atoms with Gasteiger partial charge in [-0.25, -0.2) is 0 Å². The van der Waals surface area contributed by atoms with Gasteiger partial charge in [0.15, 0.2) is 5.69 Å². The second-order valence-electron chi connectivity index (χ2n) is 5.63. The second-order valence-corrected chi connectivity index (χ2v) is 5.63. The first-order valence-electron chi connectivity index (χ1n) is 7.33. The number of aromatic hydroxyl groups is 1. The molecule has 7 nitrogen and oxygen atoms in total. The Morgan fingerprint density at radius 2 is 2.26 bits per heavy atom. The number of hydrogen-bond acceptors (Lipinski definition) is 4. The summed E-state index contributed by atoms with van der Waals surface area (Å²) in [6, 6.07) is 6.97. The Bertz CT molecular complexity index is 909. The van der Waals surface area contributed by atoms with Crippen molar-refractivity contribution in [2.75, 3.05) is 0 Å². The Hall–Kier alpha value is -3.09. The molecule has 4 N–H and O–H groups in total. The van der Waals surface area contributed by atoms with Crippen molar-refractivity contribution in [3.63, 3.8) is 0 Å². The number of fused-ring (bicyclic) bond motifs is 3. The number of carbonyl (C=O) groups excluding carboxylic acids is 1. The molecule has 0 radical (unpaired) electrons. The molecule has 3 aromatic rings. The van der Waals surface area contributed by atoms with Gasteiger partial charge in [0.1, 0.15) is 5.75 Å². The number of hydrogen-bond donors (Lipinski definition) is 3. The number of amides is 1. The van der Waals surface area contributed by atoms with E-state index < -0.39 is 5.91 Å². The second kappa shape index (κ2) is 4.98. The lowest BCUT2D eigenvalue weighted by atomic mass is 9.93. The molecule has 0 aliphatic heterocycles. The molecule has 23 heavy (non-hydrogen) atoms. The largest absolute Gasteiger partial charge is 0.508 e. The first-order valence-corrected chi connectivity index (χ1v) is 7.33. The normalized spacial score (nSPS) is 12.7. The van der Waals surface area contributed by atoms with Crippen molar-refractivity contribution < 1.29 is 9.90 Å². The topological polar surface area (TPSA) is 110 Å². The lowest BCUT2D eigenvalue weighted by Gasteiger charge is -2.14. The number of nitrogens with one attached hydrogen (secondary N) is 1. The van der Waals surface area contributed by atoms with Crippen molar-refractivity contribution in [1.29, 1.82) is 0 Å². The highest BCUT2D eigenvalue weighted by atomic mass is 16.3. The van der Waals surface area contributed by atoms with Gasteiger partial charge in [-0.15, -0.1) is 0 Å². The van der Waals surface area contributed by atoms with Gasteiger partial charge in [0.05, 0.1) is 18.4 Å². The predicted octanol–water partition coefficient (Wildman–Crippen LogP) is 1.22. The molecule has 0 saturated heterocycles. The van der Waals surface area contributed by atoms with E-state index in [4.69, 9.17) is 5.73 Å². The molecule has 1 aromatic carbocycles. The fourth-order valence-electron chi connectivity index (χ4n) is 3.14. The van der Waals surface area contributed by atoms with Gasteiger partial charge in [0.25, 0.3) is 5.91 Å². The van der Waals surface area contributed by atoms with Gasteiger partial charge >= 0.3 is 0 Å². The maximum absolute atomic E-state index is 11.7. The Kier molecular flexibility index (Phi) is 2.94. The molecule has 2 heterocycles. The zero-order valence-electron chi connectivity index (χ0n) is 12.3. The maximum Gasteiger partial charge on any atom is 0.269 e. The number of phenols is 1. The Labute approximate surface area is 131 Å². The molecule has 116 valence electrons. The van der Waals surface area contributed by atoms with Crippen LogP contribution in [-0.4, -0.2) is 31.0 Å². The zero-order valence-corrected chi connectivity index (χ0v) is 12.3. The van der Waals surface area contributed by atoms with Crippen LogP contribution in [0.1, 0.15) is 27.3 Å². The molecule has 4 rings (SSSR count). The highest BCUT2D eigenvalue weighted by molar-refractivity contribution is 5.94. The SMILES string of the molecule is NC(=O)c1nn(Cc2cccc(O)c2)c2c1CCc1[nH]ncc1-2. The molecule has 0 spiro atoms. The van der Waals surface area contributed by atoms with Crippen LogP contribution >= 0.6 is 0 Å². The van der Waals surface area contributed by atoms with Crippen molar-refractivity contribution in [1.82, 2.24) is 20.0 Å². The lowest BCUT2D eigenvalue weighted by molar-refractivity contribution is 0.0994. The fraction of sp³-hybridized carbons (Fsp3) is 0.188. The molecule has 0 fully saturated rings. The summed E-state index contributed by atoms with van der Waals surface area (Å²) in [5.41, 5.74) is 10.4. The summed E-state index contributed by atoms with van der Waals surface area (Å²) < 4.78 is 1.76. The predicted molar refractivity (Wildman–Crippen MR) is 82.9 cm³/mol. The number of aryl methyl sites for hydroxylation is 1. The van der Waals surface area contributed by atoms with E-state index in [-0.39, 0.29) is 5.75 Å². The van der Waals surface area contributed by atoms with Crippen LogP contribution in [0.5, 0.6) is 5.75 Å². The van der Waals surface area contributed by atoms with Gasteiger partial charge in [0, 0.05) is 16.8 Å². The van der Waals surface area contributed by atoms with Gasteiger partial charge < -0.3 is 10.8 Å². The average molecular weight is 309 g/mol. The minimum Gasteiger partial charge on any atom is -0.508 e. The van der Waals surface area contributed by atoms with E-state index in [1.165, 1.54) is 0 Å². The molecular formula is C16H15N5O2. The molecule has 0 atom stereocenters. The third-order valence-electron chi connectivity index (χ3n) is 4.13. The van der Waals surface area contributed by atoms with E-state index in [1.54, 1.807) is 29.1 Å². The van der Waals surface area contributed by atoms with Gasteiger partial charge in [-0.2, -0.15) is 10.2 Å². The summed E-state index contributed by atoms with van der Waals surface area (Å²) in [7, 11) is 0. The van der Waals surface area contributed by atoms with E-state index in [0.717, 1.165) is 34.5 Å². The van der Waals surface area contributed by atoms with E-state index in [0.29, 0.717) is 18.7 Å². The molecule has 0 bridgehead atoms. The number of H-pyrrole nitrogens is 1. The van der Waals surface area contributed by atoms with Crippen LogP contribution < -0.4 is 5.73 Å². The molecule has 0 saturated carbocycles. The Morgan fingerprint density at radius 1 is 1.39 bits per heavy atom. The number of aromatic nitrogens is 4. The number of phenolic OH excluding ortho intramolecular Hbond substituents is 1. The molecule has 1 aliphatic rings. The molecule has 7 heteroatoms. The zero-order chi connectivity index (χ0) is 16.0. The van der Waals surface area contributed by atoms with E-state index >= 15 is 0 Å². The van der Waals surface area contributed by atoms with E-state index in [1.807, 2.05) is 6.07 Å². The maximum atomic E-state index is 11.7. The number of rotatable bonds is 3. The average Bonchev–Trinajstić information content (AvgIpc) is 3.11. The summed E-state index contributed by atoms with van der Waals surface area (Å²) in [4.78, 5) is 11.7. The fourth-order valence-corrected chi connectivity index (χ4v) is 3.14. The van der Waals surface area contributed by atoms with Crippen LogP contribution in [0.3, 0.4) is 0 Å². The number of primary amides is 1. The number of aromatic amines is 1. The number of benzene rings is 1. The van der Waals surface area contributed by atoms with Crippen LogP contribution in [0.25, 0.3) is 11.3 Å². The van der Waals surface area contributed by atoms with Crippen molar-refractivity contribution in [2.24, 2.45) is 5.73 Å². The number of nitrogens with zero attached hydrogens (tertiary/aromatic N) is 3. The monoisotopic (exact) mass is 309 g/mol. The summed E-state index contributed by atoms with van der Waals surface area (Å²) >= 11 is 0. The summed E-state index contributed by atoms with van der Waals surface area (Å²) in [6.07, 6.45) is 3.22. The highest BCUT2D eigenvalue weighted by Crippen LogP contribution is 2.34. The first-order chi connectivity index (χ1) is 11.1. The molecule has 1 aliphatic carbocycles. The van der Waals surface area contributed by atoms with Gasteiger partial charge in [-0.05, 0) is 30.5 Å². The van der Waals surface area contributed by atoms with Crippen LogP contribution in [0.4, 0.5) is 0 Å². The molecule has 0 unspecified atom stereocenters.